The number of alkyl halides is 3. The maximum Gasteiger partial charge on any atom is 0.417 e. The van der Waals surface area contributed by atoms with Gasteiger partial charge in [0.25, 0.3) is 0 Å². The van der Waals surface area contributed by atoms with Gasteiger partial charge in [0.05, 0.1) is 10.5 Å². The predicted octanol–water partition coefficient (Wildman–Crippen LogP) is 1.03. The maximum absolute atomic E-state index is 13.0. The van der Waals surface area contributed by atoms with Gasteiger partial charge in [-0.15, -0.1) is 0 Å². The number of halogens is 4. The fraction of sp³-hybridized carbons (Fsp3) is 0.538. The van der Waals surface area contributed by atoms with Gasteiger partial charge in [0.2, 0.25) is 10.0 Å². The summed E-state index contributed by atoms with van der Waals surface area (Å²) in [6.07, 6.45) is -4.95. The van der Waals surface area contributed by atoms with Gasteiger partial charge in [-0.2, -0.15) is 13.2 Å². The molecule has 10 heteroatoms. The van der Waals surface area contributed by atoms with Crippen LogP contribution in [-0.2, 0) is 16.2 Å². The van der Waals surface area contributed by atoms with Gasteiger partial charge >= 0.3 is 6.18 Å². The molecule has 0 spiro atoms. The van der Waals surface area contributed by atoms with Crippen LogP contribution < -0.4 is 10.0 Å². The average molecular weight is 355 g/mol. The Kier molecular flexibility index (Phi) is 5.61. The lowest BCUT2D eigenvalue weighted by Gasteiger charge is -2.27. The largest absolute Gasteiger partial charge is 0.417 e. The zero-order valence-corrected chi connectivity index (χ0v) is 13.0. The minimum atomic E-state index is -4.95. The summed E-state index contributed by atoms with van der Waals surface area (Å²) in [5.74, 6) is -1.14. The van der Waals surface area contributed by atoms with E-state index in [9.17, 15) is 26.0 Å². The molecule has 0 amide bonds. The predicted molar refractivity (Wildman–Crippen MR) is 75.9 cm³/mol. The van der Waals surface area contributed by atoms with Gasteiger partial charge < -0.3 is 5.32 Å². The highest BCUT2D eigenvalue weighted by molar-refractivity contribution is 7.89. The zero-order valence-electron chi connectivity index (χ0n) is 12.2. The Morgan fingerprint density at radius 3 is 2.48 bits per heavy atom. The first-order valence-corrected chi connectivity index (χ1v) is 8.48. The van der Waals surface area contributed by atoms with Crippen molar-refractivity contribution in [1.82, 2.24) is 14.9 Å². The number of nitrogens with one attached hydrogen (secondary N) is 2. The summed E-state index contributed by atoms with van der Waals surface area (Å²) in [7, 11) is -4.37. The van der Waals surface area contributed by atoms with E-state index in [1.165, 1.54) is 0 Å². The first-order valence-electron chi connectivity index (χ1n) is 6.99. The third-order valence-corrected chi connectivity index (χ3v) is 4.99. The number of nitrogens with zero attached hydrogens (tertiary/aromatic N) is 1. The van der Waals surface area contributed by atoms with Crippen LogP contribution in [0.25, 0.3) is 0 Å². The van der Waals surface area contributed by atoms with Gasteiger partial charge in [-0.25, -0.2) is 17.5 Å². The van der Waals surface area contributed by atoms with Crippen LogP contribution in [0.5, 0.6) is 0 Å². The van der Waals surface area contributed by atoms with E-state index in [0.717, 1.165) is 26.2 Å². The van der Waals surface area contributed by atoms with Crippen LogP contribution in [0.2, 0.25) is 0 Å². The highest BCUT2D eigenvalue weighted by Crippen LogP contribution is 2.34. The molecule has 0 atom stereocenters. The van der Waals surface area contributed by atoms with Crippen molar-refractivity contribution in [2.75, 3.05) is 39.3 Å². The number of benzene rings is 1. The number of sulfonamides is 1. The van der Waals surface area contributed by atoms with Crippen LogP contribution in [-0.4, -0.2) is 52.6 Å². The Bertz CT molecular complexity index is 643. The van der Waals surface area contributed by atoms with E-state index in [0.29, 0.717) is 18.7 Å². The topological polar surface area (TPSA) is 61.4 Å². The molecule has 1 aliphatic rings. The van der Waals surface area contributed by atoms with Crippen molar-refractivity contribution >= 4 is 10.0 Å². The van der Waals surface area contributed by atoms with Gasteiger partial charge in [-0.3, -0.25) is 4.90 Å². The summed E-state index contributed by atoms with van der Waals surface area (Å²) in [5, 5.41) is 3.14. The maximum atomic E-state index is 13.0. The van der Waals surface area contributed by atoms with Crippen LogP contribution in [0.15, 0.2) is 23.1 Å². The van der Waals surface area contributed by atoms with Crippen molar-refractivity contribution in [1.29, 1.82) is 0 Å². The Morgan fingerprint density at radius 1 is 1.22 bits per heavy atom. The molecule has 0 unspecified atom stereocenters. The Balaban J connectivity index is 2.10. The number of hydrogen-bond donors (Lipinski definition) is 2. The van der Waals surface area contributed by atoms with Gasteiger partial charge in [0.15, 0.2) is 0 Å². The molecule has 0 saturated carbocycles. The van der Waals surface area contributed by atoms with E-state index >= 15 is 0 Å². The second kappa shape index (κ2) is 7.12. The second-order valence-electron chi connectivity index (χ2n) is 5.13. The molecule has 5 nitrogen and oxygen atoms in total. The van der Waals surface area contributed by atoms with Gasteiger partial charge in [-0.05, 0) is 18.2 Å². The fourth-order valence-electron chi connectivity index (χ4n) is 2.31. The molecule has 0 radical (unpaired) electrons. The molecule has 1 fully saturated rings. The molecular weight excluding hydrogens is 338 g/mol. The smallest absolute Gasteiger partial charge is 0.314 e. The van der Waals surface area contributed by atoms with Crippen molar-refractivity contribution < 1.29 is 26.0 Å². The first-order chi connectivity index (χ1) is 10.7. The van der Waals surface area contributed by atoms with E-state index in [4.69, 9.17) is 0 Å². The molecule has 1 aromatic rings. The molecule has 23 heavy (non-hydrogen) atoms. The summed E-state index contributed by atoms with van der Waals surface area (Å²) < 4.78 is 78.0. The molecule has 2 rings (SSSR count). The van der Waals surface area contributed by atoms with Gasteiger partial charge in [0.1, 0.15) is 5.82 Å². The van der Waals surface area contributed by atoms with Crippen LogP contribution in [0.3, 0.4) is 0 Å². The van der Waals surface area contributed by atoms with Crippen molar-refractivity contribution in [2.45, 2.75) is 11.1 Å². The summed E-state index contributed by atoms with van der Waals surface area (Å²) in [4.78, 5) is 1.03. The van der Waals surface area contributed by atoms with Crippen molar-refractivity contribution in [3.05, 3.63) is 29.6 Å². The fourth-order valence-corrected chi connectivity index (χ4v) is 3.54. The summed E-state index contributed by atoms with van der Waals surface area (Å²) in [6, 6.07) is 1.51. The zero-order chi connectivity index (χ0) is 17.1. The Morgan fingerprint density at radius 2 is 1.87 bits per heavy atom. The molecule has 0 bridgehead atoms. The molecule has 130 valence electrons. The Hall–Kier alpha value is -1.23. The molecule has 1 aromatic carbocycles. The van der Waals surface area contributed by atoms with Crippen LogP contribution in [0.4, 0.5) is 17.6 Å². The number of piperazine rings is 1. The highest BCUT2D eigenvalue weighted by Gasteiger charge is 2.37. The lowest BCUT2D eigenvalue weighted by molar-refractivity contribution is -0.140. The van der Waals surface area contributed by atoms with Crippen molar-refractivity contribution in [3.8, 4) is 0 Å². The van der Waals surface area contributed by atoms with E-state index in [2.05, 4.69) is 10.0 Å². The summed E-state index contributed by atoms with van der Waals surface area (Å²) in [6.45, 7) is 3.42. The molecule has 1 heterocycles. The molecule has 2 N–H and O–H groups in total. The van der Waals surface area contributed by atoms with Crippen LogP contribution >= 0.6 is 0 Å². The van der Waals surface area contributed by atoms with Gasteiger partial charge in [-0.1, -0.05) is 0 Å². The molecular formula is C13H17F4N3O2S. The minimum Gasteiger partial charge on any atom is -0.314 e. The molecule has 0 aromatic heterocycles. The summed E-state index contributed by atoms with van der Waals surface area (Å²) >= 11 is 0. The molecule has 1 aliphatic heterocycles. The third-order valence-electron chi connectivity index (χ3n) is 3.47. The highest BCUT2D eigenvalue weighted by atomic mass is 32.2. The molecule has 0 aliphatic carbocycles. The number of hydrogen-bond acceptors (Lipinski definition) is 4. The van der Waals surface area contributed by atoms with Gasteiger partial charge in [0, 0.05) is 39.3 Å². The van der Waals surface area contributed by atoms with E-state index in [1.54, 1.807) is 0 Å². The monoisotopic (exact) mass is 355 g/mol. The quantitative estimate of drug-likeness (QED) is 0.775. The first kappa shape index (κ1) is 18.1. The normalized spacial score (nSPS) is 17.4. The average Bonchev–Trinajstić information content (AvgIpc) is 2.47. The lowest BCUT2D eigenvalue weighted by atomic mass is 10.2. The Labute approximate surface area is 131 Å². The van der Waals surface area contributed by atoms with Crippen LogP contribution in [0, 0.1) is 5.82 Å². The summed E-state index contributed by atoms with van der Waals surface area (Å²) in [5.41, 5.74) is -1.51. The SMILES string of the molecule is O=S(=O)(NCCN1CCNCC1)c1ccc(F)cc1C(F)(F)F. The van der Waals surface area contributed by atoms with Crippen molar-refractivity contribution in [3.63, 3.8) is 0 Å². The van der Waals surface area contributed by atoms with E-state index < -0.39 is 32.5 Å². The second-order valence-corrected chi connectivity index (χ2v) is 6.86. The van der Waals surface area contributed by atoms with E-state index in [-0.39, 0.29) is 12.6 Å². The van der Waals surface area contributed by atoms with E-state index in [1.807, 2.05) is 4.90 Å². The lowest BCUT2D eigenvalue weighted by Crippen LogP contribution is -2.46. The number of rotatable bonds is 5. The standard InChI is InChI=1S/C13H17F4N3O2S/c14-10-1-2-12(11(9-10)13(15,16)17)23(21,22)19-5-8-20-6-3-18-4-7-20/h1-2,9,18-19H,3-8H2. The van der Waals surface area contributed by atoms with Crippen molar-refractivity contribution in [2.24, 2.45) is 0 Å². The van der Waals surface area contributed by atoms with Crippen LogP contribution in [0.1, 0.15) is 5.56 Å². The minimum absolute atomic E-state index is 0.0169. The third kappa shape index (κ3) is 4.87. The molecule has 1 saturated heterocycles.